The molecule has 0 amide bonds. The first-order valence-corrected chi connectivity index (χ1v) is 15.4. The fourth-order valence-electron chi connectivity index (χ4n) is 6.97. The average molecular weight is 584 g/mol. The highest BCUT2D eigenvalue weighted by Gasteiger charge is 2.34. The predicted octanol–water partition coefficient (Wildman–Crippen LogP) is 9.49. The molecule has 0 saturated heterocycles. The van der Waals surface area contributed by atoms with Crippen LogP contribution in [0.2, 0.25) is 0 Å². The van der Waals surface area contributed by atoms with Crippen molar-refractivity contribution in [3.05, 3.63) is 150 Å². The molecule has 0 fully saturated rings. The summed E-state index contributed by atoms with van der Waals surface area (Å²) in [6.07, 6.45) is 3.79. The first-order valence-electron chi connectivity index (χ1n) is 15.4. The number of amidine groups is 2. The molecule has 45 heavy (non-hydrogen) atoms. The maximum Gasteiger partial charge on any atom is 0.160 e. The highest BCUT2D eigenvalue weighted by molar-refractivity contribution is 6.25. The molecule has 0 radical (unpaired) electrons. The van der Waals surface area contributed by atoms with Crippen LogP contribution in [0.25, 0.3) is 49.6 Å². The number of aliphatic imine (C=N–C) groups is 2. The Morgan fingerprint density at radius 2 is 1.31 bits per heavy atom. The zero-order chi connectivity index (χ0) is 29.9. The largest absolute Gasteiger partial charge is 0.460 e. The topological polar surface area (TPSA) is 54.2 Å². The van der Waals surface area contributed by atoms with Gasteiger partial charge in [-0.3, -0.25) is 0 Å². The second-order valence-electron chi connectivity index (χ2n) is 11.7. The Morgan fingerprint density at radius 1 is 0.644 bits per heavy atom. The first kappa shape index (κ1) is 25.8. The lowest BCUT2D eigenvalue weighted by atomic mass is 9.90. The van der Waals surface area contributed by atoms with Crippen LogP contribution in [0.3, 0.4) is 0 Å². The van der Waals surface area contributed by atoms with Crippen LogP contribution in [0.15, 0.2) is 146 Å². The molecule has 1 aliphatic heterocycles. The van der Waals surface area contributed by atoms with E-state index in [0.29, 0.717) is 5.84 Å². The maximum absolute atomic E-state index is 6.40. The Labute approximate surface area is 260 Å². The molecule has 3 heterocycles. The average Bonchev–Trinajstić information content (AvgIpc) is 3.67. The number of aryl methyl sites for hydroxylation is 1. The second kappa shape index (κ2) is 10.2. The standard InChI is InChI=1S/C40H29N3O2/c1-43-39(26-15-6-3-7-16-26)41-38(42-40(43)30-19-12-22-33-35(30)28-17-8-10-20-31(28)44-33)37-27(25-13-4-2-5-14-25)23-24-34-36(37)29-18-9-11-21-32(29)45-34/h2-11,13-21,23-24,40H,12,22H2,1H3. The summed E-state index contributed by atoms with van der Waals surface area (Å²) in [5.41, 5.74) is 9.07. The van der Waals surface area contributed by atoms with Crippen LogP contribution in [0.4, 0.5) is 0 Å². The number of benzene rings is 5. The van der Waals surface area contributed by atoms with Crippen molar-refractivity contribution in [1.82, 2.24) is 4.90 Å². The molecular formula is C40H29N3O2. The van der Waals surface area contributed by atoms with E-state index < -0.39 is 0 Å². The van der Waals surface area contributed by atoms with Gasteiger partial charge in [-0.15, -0.1) is 0 Å². The Bertz CT molecular complexity index is 2340. The van der Waals surface area contributed by atoms with Crippen LogP contribution in [0, 0.1) is 0 Å². The number of furan rings is 2. The number of hydrogen-bond donors (Lipinski definition) is 0. The zero-order valence-electron chi connectivity index (χ0n) is 24.8. The fourth-order valence-corrected chi connectivity index (χ4v) is 6.97. The highest BCUT2D eigenvalue weighted by atomic mass is 16.3. The summed E-state index contributed by atoms with van der Waals surface area (Å²) in [6.45, 7) is 0. The van der Waals surface area contributed by atoms with Crippen LogP contribution in [0.1, 0.15) is 28.9 Å². The Morgan fingerprint density at radius 3 is 2.09 bits per heavy atom. The third-order valence-corrected chi connectivity index (χ3v) is 9.01. The van der Waals surface area contributed by atoms with E-state index in [0.717, 1.165) is 90.7 Å². The molecule has 1 atom stereocenters. The highest BCUT2D eigenvalue weighted by Crippen LogP contribution is 2.42. The monoisotopic (exact) mass is 583 g/mol. The molecular weight excluding hydrogens is 554 g/mol. The van der Waals surface area contributed by atoms with Gasteiger partial charge in [0.15, 0.2) is 12.0 Å². The van der Waals surface area contributed by atoms with Crippen molar-refractivity contribution < 1.29 is 8.83 Å². The van der Waals surface area contributed by atoms with Crippen molar-refractivity contribution in [1.29, 1.82) is 0 Å². The van der Waals surface area contributed by atoms with Crippen molar-refractivity contribution >= 4 is 50.2 Å². The zero-order valence-corrected chi connectivity index (χ0v) is 24.8. The van der Waals surface area contributed by atoms with Crippen molar-refractivity contribution in [3.63, 3.8) is 0 Å². The van der Waals surface area contributed by atoms with Crippen molar-refractivity contribution in [2.75, 3.05) is 7.05 Å². The molecule has 216 valence electrons. The number of rotatable bonds is 4. The van der Waals surface area contributed by atoms with Gasteiger partial charge in [0.25, 0.3) is 0 Å². The molecule has 0 saturated carbocycles. The molecule has 2 aromatic heterocycles. The first-order chi connectivity index (χ1) is 22.2. The molecule has 5 heteroatoms. The molecule has 7 aromatic rings. The maximum atomic E-state index is 6.40. The van der Waals surface area contributed by atoms with E-state index >= 15 is 0 Å². The van der Waals surface area contributed by atoms with Gasteiger partial charge >= 0.3 is 0 Å². The SMILES string of the molecule is CN1C(c2ccccc2)=NC(c2c(-c3ccccc3)ccc3oc4ccccc4c23)=NC1C1=CCCc2oc3ccccc3c21. The summed E-state index contributed by atoms with van der Waals surface area (Å²) < 4.78 is 12.8. The van der Waals surface area contributed by atoms with Gasteiger partial charge in [-0.1, -0.05) is 103 Å². The predicted molar refractivity (Wildman–Crippen MR) is 183 cm³/mol. The summed E-state index contributed by atoms with van der Waals surface area (Å²) >= 11 is 0. The van der Waals surface area contributed by atoms with E-state index in [2.05, 4.69) is 109 Å². The van der Waals surface area contributed by atoms with Crippen LogP contribution in [-0.4, -0.2) is 29.8 Å². The van der Waals surface area contributed by atoms with Gasteiger partial charge in [0, 0.05) is 51.9 Å². The van der Waals surface area contributed by atoms with E-state index in [1.165, 1.54) is 0 Å². The fraction of sp³-hybridized carbons (Fsp3) is 0.100. The van der Waals surface area contributed by atoms with E-state index in [4.69, 9.17) is 18.8 Å². The number of fused-ring (bicyclic) bond motifs is 6. The molecule has 1 aliphatic carbocycles. The number of likely N-dealkylation sites (N-methyl/N-ethyl adjacent to an activating group) is 1. The van der Waals surface area contributed by atoms with Crippen LogP contribution in [0.5, 0.6) is 0 Å². The van der Waals surface area contributed by atoms with Gasteiger partial charge in [0.2, 0.25) is 0 Å². The van der Waals surface area contributed by atoms with Crippen LogP contribution < -0.4 is 0 Å². The Hall–Kier alpha value is -5.68. The quantitative estimate of drug-likeness (QED) is 0.207. The summed E-state index contributed by atoms with van der Waals surface area (Å²) in [4.78, 5) is 13.1. The summed E-state index contributed by atoms with van der Waals surface area (Å²) in [7, 11) is 2.10. The van der Waals surface area contributed by atoms with E-state index in [1.54, 1.807) is 0 Å². The van der Waals surface area contributed by atoms with Gasteiger partial charge in [0.05, 0.1) is 0 Å². The third-order valence-electron chi connectivity index (χ3n) is 9.01. The van der Waals surface area contributed by atoms with Gasteiger partial charge in [0.1, 0.15) is 28.3 Å². The lowest BCUT2D eigenvalue weighted by molar-refractivity contribution is 0.440. The molecule has 0 N–H and O–H groups in total. The minimum atomic E-state index is -0.315. The van der Waals surface area contributed by atoms with Crippen molar-refractivity contribution in [2.24, 2.45) is 9.98 Å². The minimum absolute atomic E-state index is 0.315. The summed E-state index contributed by atoms with van der Waals surface area (Å²) in [6, 6.07) is 41.7. The Kier molecular flexibility index (Phi) is 5.85. The summed E-state index contributed by atoms with van der Waals surface area (Å²) in [5, 5.41) is 3.20. The van der Waals surface area contributed by atoms with Gasteiger partial charge in [-0.05, 0) is 41.8 Å². The molecule has 5 aromatic carbocycles. The third kappa shape index (κ3) is 4.08. The number of para-hydroxylation sites is 2. The normalized spacial score (nSPS) is 16.5. The second-order valence-corrected chi connectivity index (χ2v) is 11.7. The van der Waals surface area contributed by atoms with Gasteiger partial charge < -0.3 is 13.7 Å². The Balaban J connectivity index is 1.35. The van der Waals surface area contributed by atoms with Crippen molar-refractivity contribution in [2.45, 2.75) is 19.0 Å². The number of hydrogen-bond acceptors (Lipinski definition) is 5. The van der Waals surface area contributed by atoms with E-state index in [1.807, 2.05) is 30.3 Å². The van der Waals surface area contributed by atoms with Crippen molar-refractivity contribution in [3.8, 4) is 11.1 Å². The lowest BCUT2D eigenvalue weighted by Gasteiger charge is -2.35. The van der Waals surface area contributed by atoms with Crippen LogP contribution >= 0.6 is 0 Å². The molecule has 0 spiro atoms. The minimum Gasteiger partial charge on any atom is -0.460 e. The van der Waals surface area contributed by atoms with E-state index in [9.17, 15) is 0 Å². The van der Waals surface area contributed by atoms with E-state index in [-0.39, 0.29) is 6.17 Å². The summed E-state index contributed by atoms with van der Waals surface area (Å²) in [5.74, 6) is 2.58. The van der Waals surface area contributed by atoms with Crippen LogP contribution in [-0.2, 0) is 6.42 Å². The lowest BCUT2D eigenvalue weighted by Crippen LogP contribution is -2.41. The molecule has 1 unspecified atom stereocenters. The molecule has 0 bridgehead atoms. The molecule has 5 nitrogen and oxygen atoms in total. The van der Waals surface area contributed by atoms with Gasteiger partial charge in [-0.2, -0.15) is 0 Å². The number of allylic oxidation sites excluding steroid dienone is 1. The smallest absolute Gasteiger partial charge is 0.160 e. The molecule has 2 aliphatic rings. The molecule has 9 rings (SSSR count). The number of nitrogens with zero attached hydrogens (tertiary/aromatic N) is 3. The van der Waals surface area contributed by atoms with Gasteiger partial charge in [-0.25, -0.2) is 9.98 Å².